The summed E-state index contributed by atoms with van der Waals surface area (Å²) in [5, 5.41) is 3.38. The number of ketones is 1. The summed E-state index contributed by atoms with van der Waals surface area (Å²) in [4.78, 5) is 25.3. The molecule has 9 heteroatoms. The molecule has 0 atom stereocenters. The first kappa shape index (κ1) is 27.6. The highest BCUT2D eigenvalue weighted by Gasteiger charge is 2.39. The summed E-state index contributed by atoms with van der Waals surface area (Å²) in [5.41, 5.74) is 0.673. The smallest absolute Gasteiger partial charge is 0.444 e. The molecule has 0 aromatic heterocycles. The Bertz CT molecular complexity index is 1070. The van der Waals surface area contributed by atoms with E-state index in [1.807, 2.05) is 20.8 Å². The van der Waals surface area contributed by atoms with Crippen molar-refractivity contribution in [2.45, 2.75) is 76.9 Å². The van der Waals surface area contributed by atoms with Crippen molar-refractivity contribution in [1.82, 2.24) is 10.2 Å². The number of benzene rings is 2. The normalized spacial score (nSPS) is 18.6. The van der Waals surface area contributed by atoms with Crippen LogP contribution in [-0.2, 0) is 11.3 Å². The second kappa shape index (κ2) is 11.0. The van der Waals surface area contributed by atoms with Gasteiger partial charge in [-0.1, -0.05) is 30.3 Å². The van der Waals surface area contributed by atoms with Crippen LogP contribution in [0.1, 0.15) is 62.4 Å². The third-order valence-electron chi connectivity index (χ3n) is 6.29. The summed E-state index contributed by atoms with van der Waals surface area (Å²) in [6, 6.07) is 9.89. The van der Waals surface area contributed by atoms with E-state index in [1.54, 1.807) is 24.1 Å². The molecule has 0 aliphatic heterocycles. The number of hydrogen-bond acceptors (Lipinski definition) is 4. The number of alkyl halides is 3. The van der Waals surface area contributed by atoms with Crippen molar-refractivity contribution >= 4 is 11.9 Å². The van der Waals surface area contributed by atoms with Crippen molar-refractivity contribution in [1.29, 1.82) is 0 Å². The van der Waals surface area contributed by atoms with E-state index in [0.29, 0.717) is 23.2 Å². The molecule has 1 N–H and O–H groups in total. The van der Waals surface area contributed by atoms with Gasteiger partial charge in [-0.2, -0.15) is 13.2 Å². The molecule has 0 heterocycles. The zero-order valence-corrected chi connectivity index (χ0v) is 20.9. The van der Waals surface area contributed by atoms with Crippen molar-refractivity contribution in [3.63, 3.8) is 0 Å². The molecule has 0 bridgehead atoms. The molecule has 3 rings (SSSR count). The highest BCUT2D eigenvalue weighted by Crippen LogP contribution is 2.27. The fourth-order valence-corrected chi connectivity index (χ4v) is 4.27. The second-order valence-electron chi connectivity index (χ2n) is 10.2. The minimum absolute atomic E-state index is 0.0881. The lowest BCUT2D eigenvalue weighted by molar-refractivity contribution is -0.0885. The number of amides is 1. The molecule has 1 amide bonds. The number of hydrogen-bond donors (Lipinski definition) is 1. The van der Waals surface area contributed by atoms with Crippen LogP contribution >= 0.6 is 0 Å². The fourth-order valence-electron chi connectivity index (χ4n) is 4.27. The molecule has 0 radical (unpaired) electrons. The van der Waals surface area contributed by atoms with Gasteiger partial charge >= 0.3 is 12.3 Å². The van der Waals surface area contributed by atoms with E-state index < -0.39 is 23.1 Å². The van der Waals surface area contributed by atoms with Gasteiger partial charge < -0.3 is 15.0 Å². The first-order chi connectivity index (χ1) is 16.7. The molecular formula is C27H32F4N2O3. The average Bonchev–Trinajstić information content (AvgIpc) is 2.81. The Morgan fingerprint density at radius 2 is 1.56 bits per heavy atom. The molecule has 0 spiro atoms. The second-order valence-corrected chi connectivity index (χ2v) is 10.2. The van der Waals surface area contributed by atoms with Crippen LogP contribution in [0.4, 0.5) is 22.4 Å². The van der Waals surface area contributed by atoms with Crippen molar-refractivity contribution in [3.8, 4) is 11.1 Å². The van der Waals surface area contributed by atoms with E-state index in [1.165, 1.54) is 18.2 Å². The highest BCUT2D eigenvalue weighted by molar-refractivity contribution is 6.00. The first-order valence-corrected chi connectivity index (χ1v) is 11.9. The van der Waals surface area contributed by atoms with Crippen LogP contribution in [0.15, 0.2) is 42.5 Å². The Kier molecular flexibility index (Phi) is 8.44. The van der Waals surface area contributed by atoms with E-state index in [-0.39, 0.29) is 24.0 Å². The van der Waals surface area contributed by atoms with Gasteiger partial charge in [-0.25, -0.2) is 9.18 Å². The molecule has 5 nitrogen and oxygen atoms in total. The van der Waals surface area contributed by atoms with Crippen molar-refractivity contribution in [3.05, 3.63) is 59.4 Å². The number of ether oxygens (including phenoxy) is 1. The van der Waals surface area contributed by atoms with Crippen molar-refractivity contribution in [2.24, 2.45) is 0 Å². The lowest BCUT2D eigenvalue weighted by Crippen LogP contribution is -2.44. The number of nitrogens with zero attached hydrogens (tertiary/aromatic N) is 1. The summed E-state index contributed by atoms with van der Waals surface area (Å²) >= 11 is 0. The Balaban J connectivity index is 1.57. The molecule has 196 valence electrons. The minimum atomic E-state index is -4.93. The lowest BCUT2D eigenvalue weighted by atomic mass is 9.90. The number of nitrogens with one attached hydrogen (secondary N) is 1. The van der Waals surface area contributed by atoms with Gasteiger partial charge in [0, 0.05) is 36.8 Å². The summed E-state index contributed by atoms with van der Waals surface area (Å²) in [6.45, 7) is 5.79. The maximum Gasteiger partial charge on any atom is 0.454 e. The van der Waals surface area contributed by atoms with Gasteiger partial charge in [-0.3, -0.25) is 4.79 Å². The third kappa shape index (κ3) is 7.29. The number of carbonyl (C=O) groups excluding carboxylic acids is 2. The van der Waals surface area contributed by atoms with E-state index in [0.717, 1.165) is 37.8 Å². The van der Waals surface area contributed by atoms with E-state index in [2.05, 4.69) is 5.32 Å². The van der Waals surface area contributed by atoms with Crippen LogP contribution in [0.3, 0.4) is 0 Å². The number of rotatable bonds is 6. The fraction of sp³-hybridized carbons (Fsp3) is 0.481. The molecule has 0 unspecified atom stereocenters. The molecule has 0 saturated heterocycles. The standard InChI is InChI=1S/C27H32F4N2O3/c1-26(2,3)36-25(35)33(4)22-12-10-21(11-13-22)32-16-20-15-19(9-14-23(20)28)17-5-7-18(8-6-17)24(34)27(29,30)31/h5-9,14-15,21-22,32H,10-13,16H2,1-4H3/t21-,22-. The number of carbonyl (C=O) groups is 2. The van der Waals surface area contributed by atoms with Gasteiger partial charge in [0.05, 0.1) is 0 Å². The summed E-state index contributed by atoms with van der Waals surface area (Å²) < 4.78 is 57.8. The lowest BCUT2D eigenvalue weighted by Gasteiger charge is -2.35. The summed E-state index contributed by atoms with van der Waals surface area (Å²) in [7, 11) is 1.75. The van der Waals surface area contributed by atoms with Crippen LogP contribution < -0.4 is 5.32 Å². The Morgan fingerprint density at radius 3 is 2.11 bits per heavy atom. The Hall–Kier alpha value is -2.94. The minimum Gasteiger partial charge on any atom is -0.444 e. The van der Waals surface area contributed by atoms with E-state index in [9.17, 15) is 27.2 Å². The van der Waals surface area contributed by atoms with Gasteiger partial charge in [0.25, 0.3) is 5.78 Å². The third-order valence-corrected chi connectivity index (χ3v) is 6.29. The summed E-state index contributed by atoms with van der Waals surface area (Å²) in [5.74, 6) is -2.28. The zero-order valence-electron chi connectivity index (χ0n) is 20.9. The van der Waals surface area contributed by atoms with Gasteiger partial charge in [-0.15, -0.1) is 0 Å². The van der Waals surface area contributed by atoms with Crippen LogP contribution in [0.5, 0.6) is 0 Å². The monoisotopic (exact) mass is 508 g/mol. The molecule has 2 aromatic carbocycles. The molecule has 1 fully saturated rings. The van der Waals surface area contributed by atoms with Gasteiger partial charge in [0.1, 0.15) is 11.4 Å². The molecular weight excluding hydrogens is 476 g/mol. The molecule has 36 heavy (non-hydrogen) atoms. The van der Waals surface area contributed by atoms with Crippen LogP contribution in [0.25, 0.3) is 11.1 Å². The largest absolute Gasteiger partial charge is 0.454 e. The first-order valence-electron chi connectivity index (χ1n) is 11.9. The predicted molar refractivity (Wildman–Crippen MR) is 129 cm³/mol. The Morgan fingerprint density at radius 1 is 0.972 bits per heavy atom. The van der Waals surface area contributed by atoms with Gasteiger partial charge in [0.2, 0.25) is 0 Å². The summed E-state index contributed by atoms with van der Waals surface area (Å²) in [6.07, 6.45) is -2.01. The molecule has 1 saturated carbocycles. The average molecular weight is 509 g/mol. The SMILES string of the molecule is CN(C(=O)OC(C)(C)C)[C@H]1CC[C@H](NCc2cc(-c3ccc(C(=O)C(F)(F)F)cc3)ccc2F)CC1. The van der Waals surface area contributed by atoms with Gasteiger partial charge in [-0.05, 0) is 69.7 Å². The maximum atomic E-state index is 14.5. The predicted octanol–water partition coefficient (Wildman–Crippen LogP) is 6.51. The molecule has 1 aliphatic carbocycles. The topological polar surface area (TPSA) is 58.6 Å². The number of Topliss-reactive ketones (excluding diaryl/α,β-unsaturated/α-hetero) is 1. The van der Waals surface area contributed by atoms with Crippen LogP contribution in [0, 0.1) is 5.82 Å². The quantitative estimate of drug-likeness (QED) is 0.357. The van der Waals surface area contributed by atoms with E-state index in [4.69, 9.17) is 4.74 Å². The Labute approximate surface area is 208 Å². The van der Waals surface area contributed by atoms with Crippen LogP contribution in [0.2, 0.25) is 0 Å². The van der Waals surface area contributed by atoms with Crippen molar-refractivity contribution in [2.75, 3.05) is 7.05 Å². The maximum absolute atomic E-state index is 14.5. The van der Waals surface area contributed by atoms with E-state index >= 15 is 0 Å². The molecule has 1 aliphatic rings. The zero-order chi connectivity index (χ0) is 26.7. The van der Waals surface area contributed by atoms with Gasteiger partial charge in [0.15, 0.2) is 0 Å². The number of halogens is 4. The van der Waals surface area contributed by atoms with Crippen molar-refractivity contribution < 1.29 is 31.9 Å². The van der Waals surface area contributed by atoms with Crippen LogP contribution in [-0.4, -0.2) is 47.7 Å². The molecule has 2 aromatic rings. The highest BCUT2D eigenvalue weighted by atomic mass is 19.4.